The van der Waals surface area contributed by atoms with Crippen molar-refractivity contribution in [3.63, 3.8) is 0 Å². The number of pyridine rings is 1. The first-order chi connectivity index (χ1) is 6.77. The van der Waals surface area contributed by atoms with Crippen LogP contribution in [-0.2, 0) is 0 Å². The number of halogens is 2. The molecule has 0 aliphatic carbocycles. The standard InChI is InChI=1S/C11H7Cl2N/c12-9-5-3-8(4-6-9)10-2-1-7-14-11(10)13/h1-7H. The van der Waals surface area contributed by atoms with Gasteiger partial charge in [0.05, 0.1) is 0 Å². The van der Waals surface area contributed by atoms with Gasteiger partial charge < -0.3 is 0 Å². The molecule has 1 aromatic heterocycles. The Bertz CT molecular complexity index is 437. The molecule has 2 aromatic rings. The summed E-state index contributed by atoms with van der Waals surface area (Å²) in [5.41, 5.74) is 1.94. The second-order valence-electron chi connectivity index (χ2n) is 2.85. The van der Waals surface area contributed by atoms with Gasteiger partial charge in [0.15, 0.2) is 0 Å². The van der Waals surface area contributed by atoms with Crippen molar-refractivity contribution in [3.05, 3.63) is 52.8 Å². The highest BCUT2D eigenvalue weighted by Crippen LogP contribution is 2.26. The summed E-state index contributed by atoms with van der Waals surface area (Å²) in [6.07, 6.45) is 1.67. The molecule has 0 saturated heterocycles. The summed E-state index contributed by atoms with van der Waals surface area (Å²) in [6.45, 7) is 0. The molecule has 1 heterocycles. The smallest absolute Gasteiger partial charge is 0.136 e. The Kier molecular flexibility index (Phi) is 2.71. The van der Waals surface area contributed by atoms with Crippen molar-refractivity contribution in [1.82, 2.24) is 4.98 Å². The van der Waals surface area contributed by atoms with E-state index in [0.29, 0.717) is 10.2 Å². The molecule has 0 N–H and O–H groups in total. The first kappa shape index (κ1) is 9.50. The second kappa shape index (κ2) is 3.99. The van der Waals surface area contributed by atoms with E-state index < -0.39 is 0 Å². The number of hydrogen-bond donors (Lipinski definition) is 0. The quantitative estimate of drug-likeness (QED) is 0.665. The molecule has 1 aromatic carbocycles. The van der Waals surface area contributed by atoms with E-state index >= 15 is 0 Å². The van der Waals surface area contributed by atoms with Crippen molar-refractivity contribution < 1.29 is 0 Å². The van der Waals surface area contributed by atoms with Gasteiger partial charge in [-0.2, -0.15) is 0 Å². The lowest BCUT2D eigenvalue weighted by atomic mass is 10.1. The van der Waals surface area contributed by atoms with Crippen molar-refractivity contribution in [2.45, 2.75) is 0 Å². The van der Waals surface area contributed by atoms with Crippen LogP contribution in [0, 0.1) is 0 Å². The summed E-state index contributed by atoms with van der Waals surface area (Å²) in [5, 5.41) is 1.23. The highest BCUT2D eigenvalue weighted by molar-refractivity contribution is 6.32. The lowest BCUT2D eigenvalue weighted by Gasteiger charge is -2.02. The Balaban J connectivity index is 2.50. The molecule has 70 valence electrons. The van der Waals surface area contributed by atoms with Crippen LogP contribution in [0.3, 0.4) is 0 Å². The minimum atomic E-state index is 0.509. The fourth-order valence-corrected chi connectivity index (χ4v) is 1.59. The Hall–Kier alpha value is -1.05. The zero-order chi connectivity index (χ0) is 9.97. The van der Waals surface area contributed by atoms with Crippen LogP contribution in [0.25, 0.3) is 11.1 Å². The fourth-order valence-electron chi connectivity index (χ4n) is 1.23. The van der Waals surface area contributed by atoms with Crippen molar-refractivity contribution in [2.24, 2.45) is 0 Å². The largest absolute Gasteiger partial charge is 0.244 e. The molecule has 2 rings (SSSR count). The van der Waals surface area contributed by atoms with E-state index in [1.165, 1.54) is 0 Å². The monoisotopic (exact) mass is 223 g/mol. The zero-order valence-corrected chi connectivity index (χ0v) is 8.76. The van der Waals surface area contributed by atoms with Crippen LogP contribution in [0.4, 0.5) is 0 Å². The highest BCUT2D eigenvalue weighted by Gasteiger charge is 2.02. The molecule has 1 nitrogen and oxygen atoms in total. The van der Waals surface area contributed by atoms with Crippen molar-refractivity contribution in [2.75, 3.05) is 0 Å². The van der Waals surface area contributed by atoms with Gasteiger partial charge in [0, 0.05) is 16.8 Å². The summed E-state index contributed by atoms with van der Waals surface area (Å²) in [5.74, 6) is 0. The maximum Gasteiger partial charge on any atom is 0.136 e. The number of nitrogens with zero attached hydrogens (tertiary/aromatic N) is 1. The van der Waals surface area contributed by atoms with Gasteiger partial charge in [-0.25, -0.2) is 4.98 Å². The molecule has 0 aliphatic heterocycles. The van der Waals surface area contributed by atoms with Crippen LogP contribution >= 0.6 is 23.2 Å². The molecule has 0 fully saturated rings. The average molecular weight is 224 g/mol. The third-order valence-electron chi connectivity index (χ3n) is 1.91. The van der Waals surface area contributed by atoms with E-state index in [1.807, 2.05) is 36.4 Å². The van der Waals surface area contributed by atoms with Gasteiger partial charge in [-0.3, -0.25) is 0 Å². The minimum Gasteiger partial charge on any atom is -0.244 e. The van der Waals surface area contributed by atoms with Crippen molar-refractivity contribution in [1.29, 1.82) is 0 Å². The predicted octanol–water partition coefficient (Wildman–Crippen LogP) is 4.06. The minimum absolute atomic E-state index is 0.509. The third kappa shape index (κ3) is 1.89. The molecular weight excluding hydrogens is 217 g/mol. The summed E-state index contributed by atoms with van der Waals surface area (Å²) in [4.78, 5) is 4.01. The molecule has 0 spiro atoms. The van der Waals surface area contributed by atoms with E-state index in [9.17, 15) is 0 Å². The van der Waals surface area contributed by atoms with Gasteiger partial charge in [-0.05, 0) is 29.8 Å². The maximum absolute atomic E-state index is 5.95. The Morgan fingerprint density at radius 2 is 1.64 bits per heavy atom. The van der Waals surface area contributed by atoms with Gasteiger partial charge in [0.25, 0.3) is 0 Å². The van der Waals surface area contributed by atoms with Gasteiger partial charge in [-0.1, -0.05) is 35.3 Å². The average Bonchev–Trinajstić information content (AvgIpc) is 2.20. The highest BCUT2D eigenvalue weighted by atomic mass is 35.5. The topological polar surface area (TPSA) is 12.9 Å². The Labute approximate surface area is 92.3 Å². The van der Waals surface area contributed by atoms with E-state index in [1.54, 1.807) is 6.20 Å². The molecule has 3 heteroatoms. The number of benzene rings is 1. The van der Waals surface area contributed by atoms with Crippen LogP contribution in [0.15, 0.2) is 42.6 Å². The van der Waals surface area contributed by atoms with E-state index in [4.69, 9.17) is 23.2 Å². The summed E-state index contributed by atoms with van der Waals surface area (Å²) >= 11 is 11.7. The van der Waals surface area contributed by atoms with E-state index in [-0.39, 0.29) is 0 Å². The van der Waals surface area contributed by atoms with Crippen LogP contribution in [-0.4, -0.2) is 4.98 Å². The molecule has 0 aliphatic rings. The lowest BCUT2D eigenvalue weighted by molar-refractivity contribution is 1.33. The number of rotatable bonds is 1. The first-order valence-corrected chi connectivity index (χ1v) is 4.89. The van der Waals surface area contributed by atoms with Crippen molar-refractivity contribution >= 4 is 23.2 Å². The molecule has 0 saturated carbocycles. The van der Waals surface area contributed by atoms with Crippen molar-refractivity contribution in [3.8, 4) is 11.1 Å². The molecule has 0 atom stereocenters. The SMILES string of the molecule is Clc1ccc(-c2cccnc2Cl)cc1. The van der Waals surface area contributed by atoms with Gasteiger partial charge in [-0.15, -0.1) is 0 Å². The van der Waals surface area contributed by atoms with Crippen LogP contribution in [0.1, 0.15) is 0 Å². The number of aromatic nitrogens is 1. The predicted molar refractivity (Wildman–Crippen MR) is 59.7 cm³/mol. The molecule has 0 amide bonds. The summed E-state index contributed by atoms with van der Waals surface area (Å²) in [7, 11) is 0. The second-order valence-corrected chi connectivity index (χ2v) is 3.64. The molecule has 0 radical (unpaired) electrons. The summed E-state index contributed by atoms with van der Waals surface area (Å²) in [6, 6.07) is 11.3. The van der Waals surface area contributed by atoms with Gasteiger partial charge >= 0.3 is 0 Å². The summed E-state index contributed by atoms with van der Waals surface area (Å²) < 4.78 is 0. The van der Waals surface area contributed by atoms with Crippen LogP contribution in [0.2, 0.25) is 10.2 Å². The first-order valence-electron chi connectivity index (χ1n) is 4.14. The zero-order valence-electron chi connectivity index (χ0n) is 7.24. The molecule has 0 bridgehead atoms. The third-order valence-corrected chi connectivity index (χ3v) is 2.47. The van der Waals surface area contributed by atoms with Gasteiger partial charge in [0.2, 0.25) is 0 Å². The lowest BCUT2D eigenvalue weighted by Crippen LogP contribution is -1.81. The molecule has 14 heavy (non-hydrogen) atoms. The van der Waals surface area contributed by atoms with Gasteiger partial charge in [0.1, 0.15) is 5.15 Å². The Morgan fingerprint density at radius 3 is 2.29 bits per heavy atom. The maximum atomic E-state index is 5.95. The Morgan fingerprint density at radius 1 is 0.929 bits per heavy atom. The van der Waals surface area contributed by atoms with E-state index in [0.717, 1.165) is 11.1 Å². The van der Waals surface area contributed by atoms with Crippen LogP contribution < -0.4 is 0 Å². The van der Waals surface area contributed by atoms with E-state index in [2.05, 4.69) is 4.98 Å². The van der Waals surface area contributed by atoms with Crippen LogP contribution in [0.5, 0.6) is 0 Å². The molecular formula is C11H7Cl2N. The normalized spacial score (nSPS) is 10.1. The fraction of sp³-hybridized carbons (Fsp3) is 0. The number of hydrogen-bond acceptors (Lipinski definition) is 1. The molecule has 0 unspecified atom stereocenters.